The molecule has 0 unspecified atom stereocenters. The van der Waals surface area contributed by atoms with Crippen molar-refractivity contribution in [2.24, 2.45) is 5.73 Å². The van der Waals surface area contributed by atoms with Crippen molar-refractivity contribution in [3.8, 4) is 5.75 Å². The monoisotopic (exact) mass is 564 g/mol. The van der Waals surface area contributed by atoms with Crippen LogP contribution in [-0.4, -0.2) is 42.9 Å². The molecular formula is C27H31F3N4O4S. The maximum Gasteiger partial charge on any atom is 0.416 e. The quantitative estimate of drug-likeness (QED) is 0.222. The van der Waals surface area contributed by atoms with Crippen LogP contribution in [0.2, 0.25) is 0 Å². The first-order chi connectivity index (χ1) is 18.5. The molecule has 0 atom stereocenters. The molecule has 0 spiro atoms. The Morgan fingerprint density at radius 3 is 2.46 bits per heavy atom. The molecule has 0 amide bonds. The molecule has 2 N–H and O–H groups in total. The van der Waals surface area contributed by atoms with E-state index >= 15 is 0 Å². The molecule has 0 aliphatic heterocycles. The molecule has 2 aromatic carbocycles. The van der Waals surface area contributed by atoms with Crippen molar-refractivity contribution in [1.82, 2.24) is 15.0 Å². The number of sulfone groups is 1. The van der Waals surface area contributed by atoms with Crippen molar-refractivity contribution < 1.29 is 31.1 Å². The molecule has 3 rings (SSSR count). The summed E-state index contributed by atoms with van der Waals surface area (Å²) in [4.78, 5) is 0. The molecule has 0 fully saturated rings. The van der Waals surface area contributed by atoms with E-state index < -0.39 is 21.6 Å². The lowest BCUT2D eigenvalue weighted by atomic mass is 10.1. The second kappa shape index (κ2) is 13.8. The average molecular weight is 565 g/mol. The maximum absolute atomic E-state index is 12.6. The smallest absolute Gasteiger partial charge is 0.416 e. The molecule has 0 aliphatic rings. The first-order valence-corrected chi connectivity index (χ1v) is 14.2. The highest BCUT2D eigenvalue weighted by molar-refractivity contribution is 7.89. The summed E-state index contributed by atoms with van der Waals surface area (Å²) in [6, 6.07) is 12.5. The van der Waals surface area contributed by atoms with Crippen molar-refractivity contribution in [2.45, 2.75) is 37.7 Å². The number of halogens is 3. The van der Waals surface area contributed by atoms with Crippen molar-refractivity contribution >= 4 is 15.9 Å². The Hall–Kier alpha value is -3.80. The minimum Gasteiger partial charge on any atom is -0.495 e. The number of hydrogen-bond donors (Lipinski definition) is 1. The van der Waals surface area contributed by atoms with Gasteiger partial charge in [-0.15, -0.1) is 5.10 Å². The Morgan fingerprint density at radius 1 is 1.08 bits per heavy atom. The molecule has 12 heteroatoms. The van der Waals surface area contributed by atoms with Crippen molar-refractivity contribution in [3.63, 3.8) is 0 Å². The molecule has 0 aliphatic carbocycles. The predicted octanol–water partition coefficient (Wildman–Crippen LogP) is 4.77. The summed E-state index contributed by atoms with van der Waals surface area (Å²) in [5.74, 6) is 0.556. The first kappa shape index (κ1) is 29.8. The Bertz CT molecular complexity index is 1350. The van der Waals surface area contributed by atoms with Crippen LogP contribution in [0.1, 0.15) is 35.2 Å². The lowest BCUT2D eigenvalue weighted by Gasteiger charge is -2.08. The topological polar surface area (TPSA) is 109 Å². The van der Waals surface area contributed by atoms with Gasteiger partial charge in [-0.25, -0.2) is 8.42 Å². The Morgan fingerprint density at radius 2 is 1.79 bits per heavy atom. The molecule has 0 saturated heterocycles. The first-order valence-electron chi connectivity index (χ1n) is 12.2. The van der Waals surface area contributed by atoms with Crippen LogP contribution in [0.5, 0.6) is 5.75 Å². The van der Waals surface area contributed by atoms with Gasteiger partial charge in [-0.05, 0) is 60.7 Å². The number of unbranched alkanes of at least 4 members (excludes halogenated alkanes) is 1. The second-order valence-corrected chi connectivity index (χ2v) is 11.1. The highest BCUT2D eigenvalue weighted by Crippen LogP contribution is 2.29. The van der Waals surface area contributed by atoms with Gasteiger partial charge in [0.1, 0.15) is 25.2 Å². The SMILES string of the molecule is CS(=O)(=O)Cc1cn(CCCCc2ccc(OC/C(N)=C/OC/C=C/c3ccc(C(F)(F)F)cc3)cc2)nn1. The minimum absolute atomic E-state index is 0.109. The number of nitrogens with zero attached hydrogens (tertiary/aromatic N) is 3. The van der Waals surface area contributed by atoms with Gasteiger partial charge in [0.2, 0.25) is 0 Å². The Kier molecular flexibility index (Phi) is 10.6. The minimum atomic E-state index is -4.35. The summed E-state index contributed by atoms with van der Waals surface area (Å²) in [6.45, 7) is 1.01. The van der Waals surface area contributed by atoms with E-state index in [2.05, 4.69) is 10.3 Å². The van der Waals surface area contributed by atoms with E-state index in [1.807, 2.05) is 24.3 Å². The van der Waals surface area contributed by atoms with E-state index in [1.165, 1.54) is 24.7 Å². The molecule has 0 bridgehead atoms. The normalized spacial score (nSPS) is 12.7. The zero-order chi connectivity index (χ0) is 28.3. The molecule has 0 saturated carbocycles. The fourth-order valence-electron chi connectivity index (χ4n) is 3.52. The highest BCUT2D eigenvalue weighted by atomic mass is 32.2. The summed E-state index contributed by atoms with van der Waals surface area (Å²) in [7, 11) is -3.13. The number of ether oxygens (including phenoxy) is 2. The van der Waals surface area contributed by atoms with Crippen LogP contribution in [0.25, 0.3) is 6.08 Å². The number of benzene rings is 2. The number of aryl methyl sites for hydroxylation is 2. The van der Waals surface area contributed by atoms with Crippen LogP contribution in [0.3, 0.4) is 0 Å². The molecule has 8 nitrogen and oxygen atoms in total. The second-order valence-electron chi connectivity index (χ2n) is 8.98. The van der Waals surface area contributed by atoms with Gasteiger partial charge in [0.05, 0.1) is 22.7 Å². The zero-order valence-electron chi connectivity index (χ0n) is 21.5. The van der Waals surface area contributed by atoms with Crippen molar-refractivity contribution in [1.29, 1.82) is 0 Å². The molecular weight excluding hydrogens is 533 g/mol. The fourth-order valence-corrected chi connectivity index (χ4v) is 4.19. The van der Waals surface area contributed by atoms with Gasteiger partial charge in [0.25, 0.3) is 0 Å². The van der Waals surface area contributed by atoms with Gasteiger partial charge in [0, 0.05) is 19.0 Å². The van der Waals surface area contributed by atoms with E-state index in [4.69, 9.17) is 15.2 Å². The van der Waals surface area contributed by atoms with Crippen LogP contribution in [0.4, 0.5) is 13.2 Å². The van der Waals surface area contributed by atoms with Gasteiger partial charge in [-0.2, -0.15) is 13.2 Å². The van der Waals surface area contributed by atoms with E-state index in [1.54, 1.807) is 23.0 Å². The van der Waals surface area contributed by atoms with Gasteiger partial charge in [-0.1, -0.05) is 35.6 Å². The molecule has 1 heterocycles. The number of aromatic nitrogens is 3. The van der Waals surface area contributed by atoms with Crippen LogP contribution < -0.4 is 10.5 Å². The number of alkyl halides is 3. The van der Waals surface area contributed by atoms with Crippen LogP contribution >= 0.6 is 0 Å². The Balaban J connectivity index is 1.31. The van der Waals surface area contributed by atoms with Gasteiger partial charge in [-0.3, -0.25) is 4.68 Å². The molecule has 3 aromatic rings. The molecule has 39 heavy (non-hydrogen) atoms. The fraction of sp³-hybridized carbons (Fsp3) is 0.333. The summed E-state index contributed by atoms with van der Waals surface area (Å²) in [5.41, 5.74) is 7.83. The Labute approximate surface area is 225 Å². The third-order valence-corrected chi connectivity index (χ3v) is 6.22. The average Bonchev–Trinajstić information content (AvgIpc) is 3.31. The summed E-state index contributed by atoms with van der Waals surface area (Å²) >= 11 is 0. The van der Waals surface area contributed by atoms with E-state index in [0.717, 1.165) is 37.0 Å². The maximum atomic E-state index is 12.6. The van der Waals surface area contributed by atoms with E-state index in [9.17, 15) is 21.6 Å². The molecule has 1 aromatic heterocycles. The summed E-state index contributed by atoms with van der Waals surface area (Å²) < 4.78 is 73.1. The third-order valence-electron chi connectivity index (χ3n) is 5.40. The predicted molar refractivity (Wildman–Crippen MR) is 142 cm³/mol. The van der Waals surface area contributed by atoms with Gasteiger partial charge in [0.15, 0.2) is 9.84 Å². The van der Waals surface area contributed by atoms with E-state index in [0.29, 0.717) is 29.2 Å². The largest absolute Gasteiger partial charge is 0.495 e. The summed E-state index contributed by atoms with van der Waals surface area (Å²) in [5, 5.41) is 7.86. The van der Waals surface area contributed by atoms with Crippen molar-refractivity contribution in [2.75, 3.05) is 19.5 Å². The van der Waals surface area contributed by atoms with Gasteiger partial charge < -0.3 is 15.2 Å². The third kappa shape index (κ3) is 11.2. The van der Waals surface area contributed by atoms with Crippen LogP contribution in [0, 0.1) is 0 Å². The lowest BCUT2D eigenvalue weighted by molar-refractivity contribution is -0.137. The van der Waals surface area contributed by atoms with Crippen molar-refractivity contribution in [3.05, 3.63) is 95.1 Å². The molecule has 210 valence electrons. The zero-order valence-corrected chi connectivity index (χ0v) is 22.3. The molecule has 0 radical (unpaired) electrons. The standard InChI is InChI=1S/C27H31F3N4O4S/c1-39(35,36)20-25-17-34(33-32-25)15-3-2-5-21-9-13-26(14-10-21)38-19-24(31)18-37-16-4-6-22-7-11-23(12-8-22)27(28,29)30/h4,6-14,17-18H,2-3,5,15-16,19-20,31H2,1H3/b6-4+,24-18-. The summed E-state index contributed by atoms with van der Waals surface area (Å²) in [6.07, 6.45) is 5.88. The number of nitrogens with two attached hydrogens (primary N) is 1. The van der Waals surface area contributed by atoms with Crippen LogP contribution in [0.15, 0.2) is 72.8 Å². The highest BCUT2D eigenvalue weighted by Gasteiger charge is 2.29. The van der Waals surface area contributed by atoms with Crippen LogP contribution in [-0.2, 0) is 39.5 Å². The number of hydrogen-bond acceptors (Lipinski definition) is 7. The number of rotatable bonds is 14. The van der Waals surface area contributed by atoms with E-state index in [-0.39, 0.29) is 19.0 Å². The lowest BCUT2D eigenvalue weighted by Crippen LogP contribution is -2.09. The van der Waals surface area contributed by atoms with Gasteiger partial charge >= 0.3 is 6.18 Å².